The maximum atomic E-state index is 12.5. The van der Waals surface area contributed by atoms with Gasteiger partial charge in [0.25, 0.3) is 5.91 Å². The summed E-state index contributed by atoms with van der Waals surface area (Å²) in [4.78, 5) is 12.5. The van der Waals surface area contributed by atoms with Crippen LogP contribution < -0.4 is 19.1 Å². The van der Waals surface area contributed by atoms with Gasteiger partial charge in [0.2, 0.25) is 10.0 Å². The third-order valence-corrected chi connectivity index (χ3v) is 5.79. The Kier molecular flexibility index (Phi) is 6.00. The number of hydrogen-bond acceptors (Lipinski definition) is 5. The number of sulfonamides is 1. The second-order valence-electron chi connectivity index (χ2n) is 6.42. The minimum absolute atomic E-state index is 0.0872. The fraction of sp³-hybridized carbons (Fsp3) is 0.316. The van der Waals surface area contributed by atoms with Crippen molar-refractivity contribution in [2.24, 2.45) is 0 Å². The molecule has 1 atom stereocenters. The molecule has 1 heterocycles. The van der Waals surface area contributed by atoms with Crippen LogP contribution in [0.3, 0.4) is 0 Å². The molecule has 0 spiro atoms. The van der Waals surface area contributed by atoms with Gasteiger partial charge in [0.1, 0.15) is 18.1 Å². The van der Waals surface area contributed by atoms with Crippen molar-refractivity contribution in [1.82, 2.24) is 5.32 Å². The Morgan fingerprint density at radius 1 is 1.32 bits per heavy atom. The number of benzene rings is 2. The Bertz CT molecular complexity index is 980. The van der Waals surface area contributed by atoms with E-state index in [4.69, 9.17) is 21.1 Å². The van der Waals surface area contributed by atoms with Crippen LogP contribution >= 0.6 is 11.6 Å². The van der Waals surface area contributed by atoms with E-state index in [1.54, 1.807) is 36.4 Å². The molecule has 1 N–H and O–H groups in total. The summed E-state index contributed by atoms with van der Waals surface area (Å²) < 4.78 is 36.6. The predicted molar refractivity (Wildman–Crippen MR) is 108 cm³/mol. The minimum atomic E-state index is -3.54. The molecule has 1 aliphatic heterocycles. The Labute approximate surface area is 169 Å². The van der Waals surface area contributed by atoms with Gasteiger partial charge in [0, 0.05) is 5.02 Å². The molecule has 2 aromatic rings. The molecule has 1 amide bonds. The summed E-state index contributed by atoms with van der Waals surface area (Å²) >= 11 is 6.05. The van der Waals surface area contributed by atoms with Crippen molar-refractivity contribution in [3.05, 3.63) is 53.1 Å². The van der Waals surface area contributed by atoms with Gasteiger partial charge in [0.15, 0.2) is 6.10 Å². The molecule has 1 aliphatic rings. The number of carbonyl (C=O) groups excluding carboxylic acids is 1. The first-order valence-corrected chi connectivity index (χ1v) is 10.9. The van der Waals surface area contributed by atoms with E-state index in [9.17, 15) is 13.2 Å². The predicted octanol–water partition coefficient (Wildman–Crippen LogP) is 2.37. The zero-order valence-corrected chi connectivity index (χ0v) is 17.1. The summed E-state index contributed by atoms with van der Waals surface area (Å²) in [6, 6.07) is 12.1. The lowest BCUT2D eigenvalue weighted by atomic mass is 10.2. The molecule has 150 valence electrons. The van der Waals surface area contributed by atoms with Crippen molar-refractivity contribution in [1.29, 1.82) is 0 Å². The summed E-state index contributed by atoms with van der Waals surface area (Å²) in [6.45, 7) is 2.29. The van der Waals surface area contributed by atoms with Gasteiger partial charge in [-0.15, -0.1) is 0 Å². The van der Waals surface area contributed by atoms with Gasteiger partial charge < -0.3 is 14.8 Å². The van der Waals surface area contributed by atoms with Crippen molar-refractivity contribution in [3.8, 4) is 11.5 Å². The summed E-state index contributed by atoms with van der Waals surface area (Å²) in [5.74, 6) is 0.550. The van der Waals surface area contributed by atoms with Crippen LogP contribution in [0.15, 0.2) is 42.5 Å². The first-order chi connectivity index (χ1) is 13.3. The Hall–Kier alpha value is -2.45. The molecule has 0 bridgehead atoms. The van der Waals surface area contributed by atoms with Gasteiger partial charge in [0.05, 0.1) is 25.0 Å². The lowest BCUT2D eigenvalue weighted by Crippen LogP contribution is -2.51. The number of ether oxygens (including phenoxy) is 2. The Morgan fingerprint density at radius 3 is 2.79 bits per heavy atom. The third-order valence-electron chi connectivity index (χ3n) is 4.24. The van der Waals surface area contributed by atoms with Crippen LogP contribution in [-0.4, -0.2) is 46.4 Å². The molecule has 7 nitrogen and oxygen atoms in total. The zero-order chi connectivity index (χ0) is 20.3. The SMILES string of the molecule is Cc1ccc(OCCNC(=O)[C@@H]2CN(S(C)(=O)=O)c3ccccc3O2)cc1Cl. The van der Waals surface area contributed by atoms with E-state index in [1.807, 2.05) is 13.0 Å². The van der Waals surface area contributed by atoms with E-state index in [-0.39, 0.29) is 19.7 Å². The molecule has 0 saturated heterocycles. The van der Waals surface area contributed by atoms with E-state index in [0.29, 0.717) is 22.2 Å². The van der Waals surface area contributed by atoms with Gasteiger partial charge in [-0.05, 0) is 36.8 Å². The largest absolute Gasteiger partial charge is 0.492 e. The van der Waals surface area contributed by atoms with Gasteiger partial charge in [-0.25, -0.2) is 8.42 Å². The van der Waals surface area contributed by atoms with Gasteiger partial charge in [-0.2, -0.15) is 0 Å². The lowest BCUT2D eigenvalue weighted by Gasteiger charge is -2.33. The highest BCUT2D eigenvalue weighted by Crippen LogP contribution is 2.34. The molecular weight excluding hydrogens is 404 g/mol. The topological polar surface area (TPSA) is 84.9 Å². The summed E-state index contributed by atoms with van der Waals surface area (Å²) in [5.41, 5.74) is 1.38. The number of anilines is 1. The molecular formula is C19H21ClN2O5S. The number of aryl methyl sites for hydroxylation is 1. The number of carbonyl (C=O) groups is 1. The maximum Gasteiger partial charge on any atom is 0.263 e. The highest BCUT2D eigenvalue weighted by molar-refractivity contribution is 7.92. The standard InChI is InChI=1S/C19H21ClN2O5S/c1-13-7-8-14(11-15(13)20)26-10-9-21-19(23)18-12-22(28(2,24)25)16-5-3-4-6-17(16)27-18/h3-8,11,18H,9-10,12H2,1-2H3,(H,21,23)/t18-/m0/s1. The van der Waals surface area contributed by atoms with Crippen LogP contribution in [0.1, 0.15) is 5.56 Å². The molecule has 0 radical (unpaired) electrons. The van der Waals surface area contributed by atoms with Crippen molar-refractivity contribution in [2.45, 2.75) is 13.0 Å². The van der Waals surface area contributed by atoms with Crippen LogP contribution in [0.4, 0.5) is 5.69 Å². The van der Waals surface area contributed by atoms with Crippen LogP contribution in [0, 0.1) is 6.92 Å². The van der Waals surface area contributed by atoms with Crippen molar-refractivity contribution in [2.75, 3.05) is 30.3 Å². The monoisotopic (exact) mass is 424 g/mol. The van der Waals surface area contributed by atoms with Crippen LogP contribution in [0.5, 0.6) is 11.5 Å². The van der Waals surface area contributed by atoms with Crippen molar-refractivity contribution >= 4 is 33.2 Å². The molecule has 3 rings (SSSR count). The summed E-state index contributed by atoms with van der Waals surface area (Å²) in [7, 11) is -3.54. The lowest BCUT2D eigenvalue weighted by molar-refractivity contribution is -0.127. The van der Waals surface area contributed by atoms with E-state index in [0.717, 1.165) is 11.8 Å². The fourth-order valence-corrected chi connectivity index (χ4v) is 3.86. The Morgan fingerprint density at radius 2 is 2.07 bits per heavy atom. The maximum absolute atomic E-state index is 12.5. The first kappa shape index (κ1) is 20.3. The third kappa shape index (κ3) is 4.69. The van der Waals surface area contributed by atoms with E-state index < -0.39 is 22.0 Å². The van der Waals surface area contributed by atoms with E-state index in [2.05, 4.69) is 5.32 Å². The Balaban J connectivity index is 1.58. The second kappa shape index (κ2) is 8.28. The second-order valence-corrected chi connectivity index (χ2v) is 8.73. The first-order valence-electron chi connectivity index (χ1n) is 8.66. The molecule has 28 heavy (non-hydrogen) atoms. The number of para-hydroxylation sites is 2. The number of nitrogens with zero attached hydrogens (tertiary/aromatic N) is 1. The van der Waals surface area contributed by atoms with Crippen LogP contribution in [0.25, 0.3) is 0 Å². The molecule has 0 aromatic heterocycles. The summed E-state index contributed by atoms with van der Waals surface area (Å²) in [6.07, 6.45) is 0.156. The molecule has 0 fully saturated rings. The number of fused-ring (bicyclic) bond motifs is 1. The fourth-order valence-electron chi connectivity index (χ4n) is 2.77. The number of nitrogens with one attached hydrogen (secondary N) is 1. The highest BCUT2D eigenvalue weighted by Gasteiger charge is 2.34. The van der Waals surface area contributed by atoms with Crippen LogP contribution in [0.2, 0.25) is 5.02 Å². The van der Waals surface area contributed by atoms with Gasteiger partial charge in [-0.3, -0.25) is 9.10 Å². The highest BCUT2D eigenvalue weighted by atomic mass is 35.5. The van der Waals surface area contributed by atoms with Crippen molar-refractivity contribution < 1.29 is 22.7 Å². The average molecular weight is 425 g/mol. The molecule has 0 saturated carbocycles. The summed E-state index contributed by atoms with van der Waals surface area (Å²) in [5, 5.41) is 3.32. The smallest absolute Gasteiger partial charge is 0.263 e. The number of rotatable bonds is 6. The van der Waals surface area contributed by atoms with E-state index >= 15 is 0 Å². The number of halogens is 1. The average Bonchev–Trinajstić information content (AvgIpc) is 2.66. The van der Waals surface area contributed by atoms with Crippen molar-refractivity contribution in [3.63, 3.8) is 0 Å². The van der Waals surface area contributed by atoms with Crippen LogP contribution in [-0.2, 0) is 14.8 Å². The minimum Gasteiger partial charge on any atom is -0.492 e. The quantitative estimate of drug-likeness (QED) is 0.719. The van der Waals surface area contributed by atoms with Gasteiger partial charge >= 0.3 is 0 Å². The molecule has 0 aliphatic carbocycles. The van der Waals surface area contributed by atoms with Gasteiger partial charge in [-0.1, -0.05) is 29.8 Å². The van der Waals surface area contributed by atoms with E-state index in [1.165, 1.54) is 4.31 Å². The normalized spacial score (nSPS) is 16.1. The molecule has 9 heteroatoms. The molecule has 2 aromatic carbocycles. The number of hydrogen-bond donors (Lipinski definition) is 1. The number of amides is 1. The molecule has 0 unspecified atom stereocenters. The zero-order valence-electron chi connectivity index (χ0n) is 15.5.